The van der Waals surface area contributed by atoms with E-state index in [0.29, 0.717) is 35.8 Å². The molecule has 2 heterocycles. The summed E-state index contributed by atoms with van der Waals surface area (Å²) < 4.78 is 5.43. The van der Waals surface area contributed by atoms with Crippen LogP contribution in [0.25, 0.3) is 0 Å². The maximum absolute atomic E-state index is 11.7. The van der Waals surface area contributed by atoms with Crippen molar-refractivity contribution in [2.45, 2.75) is 0 Å². The summed E-state index contributed by atoms with van der Waals surface area (Å²) >= 11 is 6.69. The van der Waals surface area contributed by atoms with Gasteiger partial charge in [0.2, 0.25) is 9.47 Å². The largest absolute Gasteiger partial charge is 0.378 e. The van der Waals surface area contributed by atoms with Crippen LogP contribution in [0.2, 0.25) is 4.47 Å². The van der Waals surface area contributed by atoms with E-state index >= 15 is 0 Å². The number of nitrogens with zero attached hydrogens (tertiary/aromatic N) is 3. The number of hydrogen-bond donors (Lipinski definition) is 0. The third kappa shape index (κ3) is 2.02. The van der Waals surface area contributed by atoms with E-state index in [1.54, 1.807) is 4.90 Å². The molecule has 1 aromatic rings. The van der Waals surface area contributed by atoms with E-state index in [1.165, 1.54) is 0 Å². The van der Waals surface area contributed by atoms with Gasteiger partial charge in [0.05, 0.1) is 13.2 Å². The SMILES string of the molecule is O=C(c1nnc(Cl)s1)N1CCOCC1. The Morgan fingerprint density at radius 2 is 2.14 bits per heavy atom. The Bertz CT molecular complexity index is 337. The van der Waals surface area contributed by atoms with E-state index in [4.69, 9.17) is 16.3 Å². The molecule has 1 aliphatic heterocycles. The van der Waals surface area contributed by atoms with Gasteiger partial charge in [-0.15, -0.1) is 10.2 Å². The summed E-state index contributed by atoms with van der Waals surface area (Å²) in [5.41, 5.74) is 0. The van der Waals surface area contributed by atoms with Crippen molar-refractivity contribution < 1.29 is 9.53 Å². The monoisotopic (exact) mass is 233 g/mol. The van der Waals surface area contributed by atoms with Crippen LogP contribution in [0.3, 0.4) is 0 Å². The number of hydrogen-bond acceptors (Lipinski definition) is 5. The van der Waals surface area contributed by atoms with Crippen molar-refractivity contribution in [3.05, 3.63) is 9.47 Å². The molecule has 7 heteroatoms. The second-order valence-corrected chi connectivity index (χ2v) is 4.32. The minimum Gasteiger partial charge on any atom is -0.378 e. The Balaban J connectivity index is 2.07. The van der Waals surface area contributed by atoms with Crippen LogP contribution in [0.15, 0.2) is 0 Å². The molecule has 76 valence electrons. The normalized spacial score (nSPS) is 17.1. The lowest BCUT2D eigenvalue weighted by Crippen LogP contribution is -2.40. The van der Waals surface area contributed by atoms with Gasteiger partial charge in [-0.3, -0.25) is 4.79 Å². The first-order chi connectivity index (χ1) is 6.77. The molecule has 14 heavy (non-hydrogen) atoms. The number of morpholine rings is 1. The lowest BCUT2D eigenvalue weighted by molar-refractivity contribution is 0.0302. The lowest BCUT2D eigenvalue weighted by Gasteiger charge is -2.25. The molecule has 0 aromatic carbocycles. The first-order valence-electron chi connectivity index (χ1n) is 4.13. The van der Waals surface area contributed by atoms with Crippen LogP contribution in [-0.4, -0.2) is 47.3 Å². The quantitative estimate of drug-likeness (QED) is 0.715. The van der Waals surface area contributed by atoms with Gasteiger partial charge in [-0.25, -0.2) is 0 Å². The van der Waals surface area contributed by atoms with Crippen molar-refractivity contribution in [1.29, 1.82) is 0 Å². The van der Waals surface area contributed by atoms with Gasteiger partial charge < -0.3 is 9.64 Å². The second-order valence-electron chi connectivity index (χ2n) is 2.76. The third-order valence-electron chi connectivity index (χ3n) is 1.88. The molecule has 5 nitrogen and oxygen atoms in total. The van der Waals surface area contributed by atoms with E-state index in [2.05, 4.69) is 10.2 Å². The van der Waals surface area contributed by atoms with Crippen molar-refractivity contribution in [2.75, 3.05) is 26.3 Å². The Hall–Kier alpha value is -0.720. The van der Waals surface area contributed by atoms with Crippen molar-refractivity contribution in [3.63, 3.8) is 0 Å². The van der Waals surface area contributed by atoms with Gasteiger partial charge >= 0.3 is 0 Å². The predicted octanol–water partition coefficient (Wildman–Crippen LogP) is 0.664. The number of rotatable bonds is 1. The summed E-state index contributed by atoms with van der Waals surface area (Å²) in [5, 5.41) is 7.63. The highest BCUT2D eigenvalue weighted by atomic mass is 35.5. The number of ether oxygens (including phenoxy) is 1. The zero-order chi connectivity index (χ0) is 9.97. The van der Waals surface area contributed by atoms with E-state index in [-0.39, 0.29) is 5.91 Å². The Kier molecular flexibility index (Phi) is 2.95. The van der Waals surface area contributed by atoms with Crippen LogP contribution in [0.1, 0.15) is 9.80 Å². The first kappa shape index (κ1) is 9.82. The van der Waals surface area contributed by atoms with Gasteiger partial charge in [0.15, 0.2) is 0 Å². The summed E-state index contributed by atoms with van der Waals surface area (Å²) in [6.45, 7) is 2.38. The van der Waals surface area contributed by atoms with Crippen LogP contribution < -0.4 is 0 Å². The fourth-order valence-corrected chi connectivity index (χ4v) is 1.99. The molecule has 0 unspecified atom stereocenters. The van der Waals surface area contributed by atoms with Gasteiger partial charge in [0.25, 0.3) is 5.91 Å². The summed E-state index contributed by atoms with van der Waals surface area (Å²) in [7, 11) is 0. The predicted molar refractivity (Wildman–Crippen MR) is 51.6 cm³/mol. The highest BCUT2D eigenvalue weighted by Crippen LogP contribution is 2.16. The molecule has 0 atom stereocenters. The molecule has 1 fully saturated rings. The number of halogens is 1. The van der Waals surface area contributed by atoms with Crippen LogP contribution >= 0.6 is 22.9 Å². The summed E-state index contributed by atoms with van der Waals surface area (Å²) in [4.78, 5) is 13.4. The average Bonchev–Trinajstić information content (AvgIpc) is 2.65. The summed E-state index contributed by atoms with van der Waals surface area (Å²) in [5.74, 6) is -0.113. The molecule has 0 saturated carbocycles. The fourth-order valence-electron chi connectivity index (χ4n) is 1.19. The van der Waals surface area contributed by atoms with Crippen molar-refractivity contribution in [3.8, 4) is 0 Å². The molecule has 1 aliphatic rings. The second kappa shape index (κ2) is 4.20. The summed E-state index contributed by atoms with van der Waals surface area (Å²) in [6, 6.07) is 0. The van der Waals surface area contributed by atoms with Crippen molar-refractivity contribution >= 4 is 28.8 Å². The van der Waals surface area contributed by atoms with E-state index in [9.17, 15) is 4.79 Å². The average molecular weight is 234 g/mol. The molecular formula is C7H8ClN3O2S. The molecule has 1 amide bonds. The molecule has 0 aliphatic carbocycles. The molecule has 0 spiro atoms. The van der Waals surface area contributed by atoms with E-state index in [1.807, 2.05) is 0 Å². The Morgan fingerprint density at radius 1 is 1.43 bits per heavy atom. The van der Waals surface area contributed by atoms with Gasteiger partial charge in [-0.2, -0.15) is 0 Å². The maximum Gasteiger partial charge on any atom is 0.285 e. The Labute approximate surface area is 89.6 Å². The molecular weight excluding hydrogens is 226 g/mol. The zero-order valence-electron chi connectivity index (χ0n) is 7.27. The molecule has 0 N–H and O–H groups in total. The van der Waals surface area contributed by atoms with Crippen LogP contribution in [0.5, 0.6) is 0 Å². The topological polar surface area (TPSA) is 55.3 Å². The Morgan fingerprint density at radius 3 is 2.71 bits per heavy atom. The van der Waals surface area contributed by atoms with Crippen molar-refractivity contribution in [2.24, 2.45) is 0 Å². The number of amides is 1. The molecule has 0 radical (unpaired) electrons. The van der Waals surface area contributed by atoms with Crippen LogP contribution in [0, 0.1) is 0 Å². The molecule has 0 bridgehead atoms. The van der Waals surface area contributed by atoms with Gasteiger partial charge in [-0.05, 0) is 11.6 Å². The molecule has 2 rings (SSSR count). The van der Waals surface area contributed by atoms with Crippen LogP contribution in [-0.2, 0) is 4.74 Å². The maximum atomic E-state index is 11.7. The molecule has 1 saturated heterocycles. The van der Waals surface area contributed by atoms with Gasteiger partial charge in [0, 0.05) is 13.1 Å². The van der Waals surface area contributed by atoms with Crippen LogP contribution in [0.4, 0.5) is 0 Å². The standard InChI is InChI=1S/C7H8ClN3O2S/c8-7-10-9-5(14-7)6(12)11-1-3-13-4-2-11/h1-4H2. The smallest absolute Gasteiger partial charge is 0.285 e. The van der Waals surface area contributed by atoms with Gasteiger partial charge in [-0.1, -0.05) is 11.3 Å². The third-order valence-corrected chi connectivity index (χ3v) is 2.89. The lowest BCUT2D eigenvalue weighted by atomic mass is 10.4. The summed E-state index contributed by atoms with van der Waals surface area (Å²) in [6.07, 6.45) is 0. The highest BCUT2D eigenvalue weighted by molar-refractivity contribution is 7.17. The van der Waals surface area contributed by atoms with Crippen molar-refractivity contribution in [1.82, 2.24) is 15.1 Å². The van der Waals surface area contributed by atoms with E-state index < -0.39 is 0 Å². The van der Waals surface area contributed by atoms with E-state index in [0.717, 1.165) is 11.3 Å². The zero-order valence-corrected chi connectivity index (χ0v) is 8.85. The molecule has 1 aromatic heterocycles. The number of carbonyl (C=O) groups is 1. The van der Waals surface area contributed by atoms with Gasteiger partial charge in [0.1, 0.15) is 0 Å². The highest BCUT2D eigenvalue weighted by Gasteiger charge is 2.21. The fraction of sp³-hybridized carbons (Fsp3) is 0.571. The first-order valence-corrected chi connectivity index (χ1v) is 5.33. The number of aromatic nitrogens is 2. The minimum absolute atomic E-state index is 0.113. The minimum atomic E-state index is -0.113. The number of carbonyl (C=O) groups excluding carboxylic acids is 1.